The van der Waals surface area contributed by atoms with E-state index < -0.39 is 45.4 Å². The highest BCUT2D eigenvalue weighted by Gasteiger charge is 2.73. The Hall–Kier alpha value is -2.37. The second kappa shape index (κ2) is 5.37. The molecule has 7 heteroatoms. The maximum Gasteiger partial charge on any atom is 0.326 e. The Balaban J connectivity index is 1.86. The van der Waals surface area contributed by atoms with E-state index in [9.17, 15) is 19.5 Å². The van der Waals surface area contributed by atoms with E-state index in [0.29, 0.717) is 22.3 Å². The maximum atomic E-state index is 13.4. The van der Waals surface area contributed by atoms with Crippen molar-refractivity contribution in [2.75, 3.05) is 0 Å². The summed E-state index contributed by atoms with van der Waals surface area (Å²) in [7, 11) is 0. The van der Waals surface area contributed by atoms with Gasteiger partial charge in [0.05, 0.1) is 11.8 Å². The topological polar surface area (TPSA) is 74.7 Å². The quantitative estimate of drug-likeness (QED) is 0.603. The summed E-state index contributed by atoms with van der Waals surface area (Å²) in [5, 5.41) is 9.42. The first-order chi connectivity index (χ1) is 13.3. The normalized spacial score (nSPS) is 33.3. The first kappa shape index (κ1) is 17.7. The third kappa shape index (κ3) is 1.73. The molecule has 4 aliphatic rings. The van der Waals surface area contributed by atoms with Crippen LogP contribution in [0.1, 0.15) is 29.2 Å². The lowest BCUT2D eigenvalue weighted by atomic mass is 9.54. The lowest BCUT2D eigenvalue weighted by Gasteiger charge is -2.54. The van der Waals surface area contributed by atoms with Gasteiger partial charge >= 0.3 is 5.97 Å². The standard InChI is InChI=1S/C21H15Cl2NO4/c1-10(19(27)28)24-17(25)15-16(18(24)26)21(23)12-7-3-2-6-11(12)20(15,22)13-8-4-5-9-14(13)21/h2-10,15-16H,1H3,(H,27,28)/t10-,15-,16+,20?,21?/m1/s1. The van der Waals surface area contributed by atoms with E-state index in [-0.39, 0.29) is 0 Å². The fourth-order valence-corrected chi connectivity index (χ4v) is 6.28. The number of amides is 2. The number of aliphatic carboxylic acids is 1. The molecule has 142 valence electrons. The highest BCUT2D eigenvalue weighted by atomic mass is 35.5. The highest BCUT2D eigenvalue weighted by molar-refractivity contribution is 6.36. The minimum Gasteiger partial charge on any atom is -0.480 e. The van der Waals surface area contributed by atoms with Crippen molar-refractivity contribution in [3.05, 3.63) is 70.8 Å². The Kier molecular flexibility index (Phi) is 3.39. The van der Waals surface area contributed by atoms with Crippen molar-refractivity contribution in [2.24, 2.45) is 11.8 Å². The maximum absolute atomic E-state index is 13.4. The summed E-state index contributed by atoms with van der Waals surface area (Å²) in [4.78, 5) is 36.5. The molecule has 1 heterocycles. The van der Waals surface area contributed by atoms with Crippen LogP contribution in [0.2, 0.25) is 0 Å². The summed E-state index contributed by atoms with van der Waals surface area (Å²) in [6.45, 7) is 1.32. The van der Waals surface area contributed by atoms with Gasteiger partial charge in [-0.3, -0.25) is 14.5 Å². The lowest BCUT2D eigenvalue weighted by Crippen LogP contribution is -2.57. The molecule has 0 unspecified atom stereocenters. The van der Waals surface area contributed by atoms with Gasteiger partial charge in [0, 0.05) is 0 Å². The third-order valence-corrected chi connectivity index (χ3v) is 7.65. The summed E-state index contributed by atoms with van der Waals surface area (Å²) in [5.74, 6) is -4.37. The zero-order valence-corrected chi connectivity index (χ0v) is 16.2. The van der Waals surface area contributed by atoms with Crippen LogP contribution in [0, 0.1) is 11.8 Å². The van der Waals surface area contributed by atoms with E-state index in [1.54, 1.807) is 0 Å². The van der Waals surface area contributed by atoms with Crippen molar-refractivity contribution in [3.8, 4) is 0 Å². The van der Waals surface area contributed by atoms with Crippen molar-refractivity contribution in [1.29, 1.82) is 0 Å². The van der Waals surface area contributed by atoms with Crippen LogP contribution in [0.25, 0.3) is 0 Å². The van der Waals surface area contributed by atoms with Gasteiger partial charge in [0.2, 0.25) is 11.8 Å². The summed E-state index contributed by atoms with van der Waals surface area (Å²) in [6, 6.07) is 13.3. The van der Waals surface area contributed by atoms with E-state index in [2.05, 4.69) is 0 Å². The number of benzene rings is 2. The van der Waals surface area contributed by atoms with Crippen LogP contribution in [0.4, 0.5) is 0 Å². The van der Waals surface area contributed by atoms with Gasteiger partial charge in [-0.25, -0.2) is 4.79 Å². The van der Waals surface area contributed by atoms with Crippen molar-refractivity contribution in [3.63, 3.8) is 0 Å². The van der Waals surface area contributed by atoms with Gasteiger partial charge in [0.25, 0.3) is 0 Å². The number of imide groups is 1. The molecule has 2 bridgehead atoms. The van der Waals surface area contributed by atoms with Gasteiger partial charge in [-0.2, -0.15) is 0 Å². The molecular weight excluding hydrogens is 401 g/mol. The van der Waals surface area contributed by atoms with E-state index in [1.807, 2.05) is 48.5 Å². The molecule has 0 aromatic heterocycles. The first-order valence-corrected chi connectivity index (χ1v) is 9.68. The average Bonchev–Trinajstić information content (AvgIpc) is 2.97. The number of hydrogen-bond donors (Lipinski definition) is 1. The molecule has 3 aliphatic carbocycles. The Bertz CT molecular complexity index is 960. The average molecular weight is 416 g/mol. The number of carboxylic acid groups (broad SMARTS) is 1. The molecule has 3 atom stereocenters. The van der Waals surface area contributed by atoms with E-state index in [4.69, 9.17) is 23.2 Å². The molecule has 28 heavy (non-hydrogen) atoms. The number of halogens is 2. The molecule has 0 radical (unpaired) electrons. The first-order valence-electron chi connectivity index (χ1n) is 8.93. The minimum atomic E-state index is -1.29. The molecule has 2 aromatic rings. The van der Waals surface area contributed by atoms with E-state index >= 15 is 0 Å². The molecule has 1 fully saturated rings. The van der Waals surface area contributed by atoms with Crippen molar-refractivity contribution < 1.29 is 19.5 Å². The molecule has 2 amide bonds. The fourth-order valence-electron chi connectivity index (χ4n) is 5.18. The Morgan fingerprint density at radius 2 is 1.21 bits per heavy atom. The van der Waals surface area contributed by atoms with Crippen molar-refractivity contribution >= 4 is 41.0 Å². The zero-order valence-electron chi connectivity index (χ0n) is 14.7. The predicted molar refractivity (Wildman–Crippen MR) is 102 cm³/mol. The molecule has 0 saturated carbocycles. The summed E-state index contributed by atoms with van der Waals surface area (Å²) in [5.41, 5.74) is 2.77. The van der Waals surface area contributed by atoms with Crippen LogP contribution in [-0.4, -0.2) is 33.8 Å². The predicted octanol–water partition coefficient (Wildman–Crippen LogP) is 3.05. The van der Waals surface area contributed by atoms with E-state index in [1.165, 1.54) is 6.92 Å². The fraction of sp³-hybridized carbons (Fsp3) is 0.286. The van der Waals surface area contributed by atoms with Crippen LogP contribution in [0.15, 0.2) is 48.5 Å². The Labute approximate surface area is 170 Å². The number of carbonyl (C=O) groups is 3. The molecule has 2 aromatic carbocycles. The second-order valence-corrected chi connectivity index (χ2v) is 8.72. The number of nitrogens with zero attached hydrogens (tertiary/aromatic N) is 1. The van der Waals surface area contributed by atoms with Gasteiger partial charge in [-0.1, -0.05) is 48.5 Å². The molecule has 0 spiro atoms. The van der Waals surface area contributed by atoms with Crippen molar-refractivity contribution in [2.45, 2.75) is 22.7 Å². The van der Waals surface area contributed by atoms with Gasteiger partial charge < -0.3 is 5.11 Å². The number of alkyl halides is 2. The van der Waals surface area contributed by atoms with Crippen LogP contribution < -0.4 is 0 Å². The van der Waals surface area contributed by atoms with Gasteiger partial charge in [0.15, 0.2) is 0 Å². The van der Waals surface area contributed by atoms with Crippen LogP contribution in [0.3, 0.4) is 0 Å². The van der Waals surface area contributed by atoms with Gasteiger partial charge in [-0.05, 0) is 29.2 Å². The SMILES string of the molecule is C[C@H](C(=O)O)N1C(=O)[C@@H]2[C@H](C1=O)C1(Cl)c3ccccc3C2(Cl)c2ccccc21. The summed E-state index contributed by atoms with van der Waals surface area (Å²) >= 11 is 14.5. The molecule has 5 nitrogen and oxygen atoms in total. The van der Waals surface area contributed by atoms with Crippen LogP contribution in [-0.2, 0) is 24.1 Å². The van der Waals surface area contributed by atoms with Gasteiger partial charge in [-0.15, -0.1) is 23.2 Å². The molecule has 6 rings (SSSR count). The monoisotopic (exact) mass is 415 g/mol. The summed E-state index contributed by atoms with van der Waals surface area (Å²) < 4.78 is 0. The van der Waals surface area contributed by atoms with Gasteiger partial charge in [0.1, 0.15) is 15.8 Å². The smallest absolute Gasteiger partial charge is 0.326 e. The Morgan fingerprint density at radius 3 is 1.50 bits per heavy atom. The Morgan fingerprint density at radius 1 is 0.893 bits per heavy atom. The number of carbonyl (C=O) groups excluding carboxylic acids is 2. The molecular formula is C21H15Cl2NO4. The number of carboxylic acids is 1. The largest absolute Gasteiger partial charge is 0.480 e. The lowest BCUT2D eigenvalue weighted by molar-refractivity contribution is -0.154. The number of likely N-dealkylation sites (tertiary alicyclic amines) is 1. The number of rotatable bonds is 2. The van der Waals surface area contributed by atoms with Crippen LogP contribution >= 0.6 is 23.2 Å². The third-order valence-electron chi connectivity index (χ3n) is 6.36. The number of hydrogen-bond acceptors (Lipinski definition) is 3. The molecule has 1 aliphatic heterocycles. The van der Waals surface area contributed by atoms with Crippen LogP contribution in [0.5, 0.6) is 0 Å². The summed E-state index contributed by atoms with van der Waals surface area (Å²) in [6.07, 6.45) is 0. The minimum absolute atomic E-state index is 0.589. The van der Waals surface area contributed by atoms with Crippen molar-refractivity contribution in [1.82, 2.24) is 4.90 Å². The molecule has 1 saturated heterocycles. The van der Waals surface area contributed by atoms with E-state index in [0.717, 1.165) is 4.90 Å². The second-order valence-electron chi connectivity index (χ2n) is 7.53. The highest BCUT2D eigenvalue weighted by Crippen LogP contribution is 2.69. The molecule has 1 N–H and O–H groups in total. The zero-order chi connectivity index (χ0) is 20.0.